The van der Waals surface area contributed by atoms with E-state index in [1.165, 1.54) is 13.2 Å². The molecular weight excluding hydrogens is 248 g/mol. The Hall–Kier alpha value is -2.70. The van der Waals surface area contributed by atoms with Crippen molar-refractivity contribution < 1.29 is 4.79 Å². The molecule has 0 bridgehead atoms. The van der Waals surface area contributed by atoms with Gasteiger partial charge in [-0.05, 0) is 18.6 Å². The predicted molar refractivity (Wildman–Crippen MR) is 69.2 cm³/mol. The lowest BCUT2D eigenvalue weighted by molar-refractivity contribution is 0.102. The quantitative estimate of drug-likeness (QED) is 0.796. The van der Waals surface area contributed by atoms with Crippen molar-refractivity contribution in [3.05, 3.63) is 56.5 Å². The third-order valence-electron chi connectivity index (χ3n) is 2.67. The Bertz CT molecular complexity index is 745. The molecule has 7 nitrogen and oxygen atoms in total. The molecule has 2 rings (SSSR count). The number of anilines is 1. The molecule has 19 heavy (non-hydrogen) atoms. The van der Waals surface area contributed by atoms with Gasteiger partial charge in [-0.15, -0.1) is 0 Å². The Labute approximate surface area is 107 Å². The van der Waals surface area contributed by atoms with Gasteiger partial charge in [-0.3, -0.25) is 14.2 Å². The predicted octanol–water partition coefficient (Wildman–Crippen LogP) is 0.0293. The Balaban J connectivity index is 2.37. The van der Waals surface area contributed by atoms with E-state index in [2.05, 4.69) is 15.3 Å². The molecule has 0 aliphatic heterocycles. The van der Waals surface area contributed by atoms with Crippen LogP contribution in [0.15, 0.2) is 34.1 Å². The molecule has 0 aliphatic carbocycles. The van der Waals surface area contributed by atoms with Gasteiger partial charge in [-0.2, -0.15) is 0 Å². The lowest BCUT2D eigenvalue weighted by Gasteiger charge is -2.06. The zero-order valence-corrected chi connectivity index (χ0v) is 10.4. The van der Waals surface area contributed by atoms with Crippen LogP contribution in [0.1, 0.15) is 15.9 Å². The van der Waals surface area contributed by atoms with Gasteiger partial charge in [-0.25, -0.2) is 9.78 Å². The number of rotatable bonds is 2. The van der Waals surface area contributed by atoms with Crippen LogP contribution in [-0.2, 0) is 7.05 Å². The largest absolute Gasteiger partial charge is 0.328 e. The standard InChI is InChI=1S/C12H12N4O3/c1-7-4-3-5-13-9(7)15-10(17)8-6-14-12(19)16(2)11(8)18/h3-6H,1-2H3,(H,14,19)(H,13,15,17). The van der Waals surface area contributed by atoms with Gasteiger partial charge >= 0.3 is 5.69 Å². The Morgan fingerprint density at radius 3 is 2.84 bits per heavy atom. The second-order valence-corrected chi connectivity index (χ2v) is 3.99. The summed E-state index contributed by atoms with van der Waals surface area (Å²) in [6, 6.07) is 3.53. The molecule has 7 heteroatoms. The summed E-state index contributed by atoms with van der Waals surface area (Å²) < 4.78 is 0.834. The van der Waals surface area contributed by atoms with Gasteiger partial charge in [0.1, 0.15) is 11.4 Å². The van der Waals surface area contributed by atoms with Gasteiger partial charge < -0.3 is 10.3 Å². The van der Waals surface area contributed by atoms with E-state index in [9.17, 15) is 14.4 Å². The minimum absolute atomic E-state index is 0.146. The number of aryl methyl sites for hydroxylation is 1. The Morgan fingerprint density at radius 2 is 2.16 bits per heavy atom. The second kappa shape index (κ2) is 4.89. The summed E-state index contributed by atoms with van der Waals surface area (Å²) >= 11 is 0. The van der Waals surface area contributed by atoms with Gasteiger partial charge in [-0.1, -0.05) is 6.07 Å². The molecule has 2 aromatic heterocycles. The monoisotopic (exact) mass is 260 g/mol. The van der Waals surface area contributed by atoms with E-state index in [0.717, 1.165) is 16.3 Å². The number of hydrogen-bond acceptors (Lipinski definition) is 4. The number of aromatic amines is 1. The van der Waals surface area contributed by atoms with Crippen LogP contribution < -0.4 is 16.6 Å². The minimum Gasteiger partial charge on any atom is -0.313 e. The summed E-state index contributed by atoms with van der Waals surface area (Å²) in [5.41, 5.74) is -0.602. The maximum atomic E-state index is 12.0. The topological polar surface area (TPSA) is 96.8 Å². The first-order valence-corrected chi connectivity index (χ1v) is 5.52. The molecule has 0 atom stereocenters. The van der Waals surface area contributed by atoms with Crippen LogP contribution in [0.5, 0.6) is 0 Å². The summed E-state index contributed by atoms with van der Waals surface area (Å²) in [6.07, 6.45) is 2.63. The molecule has 2 N–H and O–H groups in total. The summed E-state index contributed by atoms with van der Waals surface area (Å²) in [6.45, 7) is 1.79. The molecule has 2 aromatic rings. The van der Waals surface area contributed by atoms with Crippen LogP contribution in [0.3, 0.4) is 0 Å². The van der Waals surface area contributed by atoms with Gasteiger partial charge in [0, 0.05) is 19.4 Å². The van der Waals surface area contributed by atoms with Crippen LogP contribution in [0, 0.1) is 6.92 Å². The highest BCUT2D eigenvalue weighted by Crippen LogP contribution is 2.09. The molecule has 0 saturated carbocycles. The van der Waals surface area contributed by atoms with Crippen molar-refractivity contribution >= 4 is 11.7 Å². The van der Waals surface area contributed by atoms with Crippen LogP contribution in [0.2, 0.25) is 0 Å². The molecule has 0 saturated heterocycles. The molecule has 1 amide bonds. The molecule has 0 spiro atoms. The van der Waals surface area contributed by atoms with Crippen LogP contribution >= 0.6 is 0 Å². The van der Waals surface area contributed by atoms with Crippen molar-refractivity contribution in [3.8, 4) is 0 Å². The summed E-state index contributed by atoms with van der Waals surface area (Å²) in [7, 11) is 1.30. The third kappa shape index (κ3) is 2.44. The number of nitrogens with zero attached hydrogens (tertiary/aromatic N) is 2. The Kier molecular flexibility index (Phi) is 3.28. The highest BCUT2D eigenvalue weighted by Gasteiger charge is 2.14. The highest BCUT2D eigenvalue weighted by atomic mass is 16.2. The number of hydrogen-bond donors (Lipinski definition) is 2. The van der Waals surface area contributed by atoms with Crippen molar-refractivity contribution in [2.45, 2.75) is 6.92 Å². The fourth-order valence-corrected chi connectivity index (χ4v) is 1.52. The average molecular weight is 260 g/mol. The van der Waals surface area contributed by atoms with Crippen molar-refractivity contribution in [2.75, 3.05) is 5.32 Å². The molecule has 0 fully saturated rings. The van der Waals surface area contributed by atoms with Gasteiger partial charge in [0.05, 0.1) is 0 Å². The molecule has 98 valence electrons. The van der Waals surface area contributed by atoms with E-state index >= 15 is 0 Å². The fourth-order valence-electron chi connectivity index (χ4n) is 1.52. The van der Waals surface area contributed by atoms with E-state index in [-0.39, 0.29) is 5.56 Å². The van der Waals surface area contributed by atoms with E-state index in [1.807, 2.05) is 0 Å². The maximum absolute atomic E-state index is 12.0. The van der Waals surface area contributed by atoms with Crippen molar-refractivity contribution in [1.82, 2.24) is 14.5 Å². The van der Waals surface area contributed by atoms with E-state index in [0.29, 0.717) is 5.82 Å². The van der Waals surface area contributed by atoms with E-state index < -0.39 is 17.2 Å². The summed E-state index contributed by atoms with van der Waals surface area (Å²) in [4.78, 5) is 41.2. The number of amides is 1. The van der Waals surface area contributed by atoms with E-state index in [1.54, 1.807) is 19.1 Å². The highest BCUT2D eigenvalue weighted by molar-refractivity contribution is 6.03. The smallest absolute Gasteiger partial charge is 0.313 e. The van der Waals surface area contributed by atoms with Crippen LogP contribution in [0.4, 0.5) is 5.82 Å². The fraction of sp³-hybridized carbons (Fsp3) is 0.167. The molecule has 2 heterocycles. The van der Waals surface area contributed by atoms with Gasteiger partial charge in [0.2, 0.25) is 0 Å². The first kappa shape index (κ1) is 12.7. The average Bonchev–Trinajstić information content (AvgIpc) is 2.39. The number of pyridine rings is 1. The van der Waals surface area contributed by atoms with Gasteiger partial charge in [0.25, 0.3) is 11.5 Å². The SMILES string of the molecule is Cc1cccnc1NC(=O)c1c[nH]c(=O)n(C)c1=O. The first-order chi connectivity index (χ1) is 9.00. The van der Waals surface area contributed by atoms with Crippen molar-refractivity contribution in [3.63, 3.8) is 0 Å². The third-order valence-corrected chi connectivity index (χ3v) is 2.67. The molecule has 0 unspecified atom stereocenters. The molecule has 0 radical (unpaired) electrons. The zero-order chi connectivity index (χ0) is 14.0. The maximum Gasteiger partial charge on any atom is 0.328 e. The zero-order valence-electron chi connectivity index (χ0n) is 10.4. The normalized spacial score (nSPS) is 10.2. The molecular formula is C12H12N4O3. The lowest BCUT2D eigenvalue weighted by Crippen LogP contribution is -2.37. The van der Waals surface area contributed by atoms with Crippen LogP contribution in [-0.4, -0.2) is 20.4 Å². The second-order valence-electron chi connectivity index (χ2n) is 3.99. The Morgan fingerprint density at radius 1 is 1.42 bits per heavy atom. The van der Waals surface area contributed by atoms with Gasteiger partial charge in [0.15, 0.2) is 0 Å². The summed E-state index contributed by atoms with van der Waals surface area (Å²) in [5, 5.41) is 2.53. The van der Waals surface area contributed by atoms with Crippen molar-refractivity contribution in [2.24, 2.45) is 7.05 Å². The number of H-pyrrole nitrogens is 1. The molecule has 0 aliphatic rings. The molecule has 0 aromatic carbocycles. The minimum atomic E-state index is -0.658. The summed E-state index contributed by atoms with van der Waals surface area (Å²) in [5.74, 6) is -0.237. The van der Waals surface area contributed by atoms with E-state index in [4.69, 9.17) is 0 Å². The number of nitrogens with one attached hydrogen (secondary N) is 2. The number of aromatic nitrogens is 3. The first-order valence-electron chi connectivity index (χ1n) is 5.52. The number of carbonyl (C=O) groups excluding carboxylic acids is 1. The number of carbonyl (C=O) groups is 1. The lowest BCUT2D eigenvalue weighted by atomic mass is 10.2. The van der Waals surface area contributed by atoms with Crippen molar-refractivity contribution in [1.29, 1.82) is 0 Å². The van der Waals surface area contributed by atoms with Crippen LogP contribution in [0.25, 0.3) is 0 Å².